The second-order valence-corrected chi connectivity index (χ2v) is 9.34. The van der Waals surface area contributed by atoms with Crippen molar-refractivity contribution >= 4 is 5.97 Å². The second-order valence-electron chi connectivity index (χ2n) is 9.34. The Kier molecular flexibility index (Phi) is 6.59. The van der Waals surface area contributed by atoms with E-state index in [1.54, 1.807) is 7.11 Å². The van der Waals surface area contributed by atoms with Crippen molar-refractivity contribution in [1.29, 1.82) is 0 Å². The highest BCUT2D eigenvalue weighted by molar-refractivity contribution is 5.65. The minimum atomic E-state index is -0.190. The van der Waals surface area contributed by atoms with E-state index in [9.17, 15) is 4.79 Å². The van der Waals surface area contributed by atoms with E-state index in [2.05, 4.69) is 27.7 Å². The molecular formula is C21H38O4. The lowest BCUT2D eigenvalue weighted by Gasteiger charge is -2.62. The van der Waals surface area contributed by atoms with Gasteiger partial charge in [0.05, 0.1) is 12.2 Å². The molecule has 25 heavy (non-hydrogen) atoms. The zero-order chi connectivity index (χ0) is 18.7. The Morgan fingerprint density at radius 2 is 1.84 bits per heavy atom. The Bertz CT molecular complexity index is 461. The highest BCUT2D eigenvalue weighted by Gasteiger charge is 2.58. The molecule has 0 bridgehead atoms. The van der Waals surface area contributed by atoms with E-state index in [0.717, 1.165) is 25.2 Å². The third-order valence-corrected chi connectivity index (χ3v) is 7.19. The van der Waals surface area contributed by atoms with E-state index < -0.39 is 0 Å². The summed E-state index contributed by atoms with van der Waals surface area (Å²) in [4.78, 5) is 11.1. The third-order valence-electron chi connectivity index (χ3n) is 7.19. The van der Waals surface area contributed by atoms with Gasteiger partial charge in [0, 0.05) is 14.0 Å². The van der Waals surface area contributed by atoms with E-state index in [1.165, 1.54) is 32.6 Å². The van der Waals surface area contributed by atoms with Gasteiger partial charge in [0.1, 0.15) is 6.79 Å². The molecule has 2 fully saturated rings. The molecule has 4 atom stereocenters. The molecule has 0 amide bonds. The van der Waals surface area contributed by atoms with Crippen LogP contribution >= 0.6 is 0 Å². The second kappa shape index (κ2) is 7.96. The van der Waals surface area contributed by atoms with Crippen LogP contribution in [0.2, 0.25) is 0 Å². The van der Waals surface area contributed by atoms with Crippen LogP contribution in [0.3, 0.4) is 0 Å². The van der Waals surface area contributed by atoms with Crippen LogP contribution < -0.4 is 0 Å². The van der Waals surface area contributed by atoms with Gasteiger partial charge >= 0.3 is 5.97 Å². The molecule has 0 aromatic carbocycles. The molecule has 2 aliphatic carbocycles. The monoisotopic (exact) mass is 354 g/mol. The molecule has 0 N–H and O–H groups in total. The van der Waals surface area contributed by atoms with Gasteiger partial charge in [0.15, 0.2) is 0 Å². The van der Waals surface area contributed by atoms with Crippen molar-refractivity contribution in [1.82, 2.24) is 0 Å². The fourth-order valence-electron chi connectivity index (χ4n) is 6.11. The van der Waals surface area contributed by atoms with Crippen LogP contribution in [0, 0.1) is 22.7 Å². The van der Waals surface area contributed by atoms with Crippen molar-refractivity contribution in [2.75, 3.05) is 20.5 Å². The minimum Gasteiger partial charge on any atom is -0.466 e. The summed E-state index contributed by atoms with van der Waals surface area (Å²) in [7, 11) is 1.69. The highest BCUT2D eigenvalue weighted by Crippen LogP contribution is 2.63. The van der Waals surface area contributed by atoms with Gasteiger partial charge in [-0.15, -0.1) is 0 Å². The summed E-state index contributed by atoms with van der Waals surface area (Å²) in [5.41, 5.74) is 0.507. The maximum atomic E-state index is 11.1. The predicted molar refractivity (Wildman–Crippen MR) is 99.2 cm³/mol. The summed E-state index contributed by atoms with van der Waals surface area (Å²) < 4.78 is 16.7. The number of methoxy groups -OCH3 is 1. The van der Waals surface area contributed by atoms with E-state index >= 15 is 0 Å². The van der Waals surface area contributed by atoms with E-state index in [4.69, 9.17) is 14.2 Å². The van der Waals surface area contributed by atoms with Crippen molar-refractivity contribution in [2.45, 2.75) is 85.2 Å². The lowest BCUT2D eigenvalue weighted by molar-refractivity contribution is -0.222. The number of hydrogen-bond acceptors (Lipinski definition) is 4. The van der Waals surface area contributed by atoms with E-state index in [0.29, 0.717) is 24.7 Å². The molecule has 0 aromatic rings. The quantitative estimate of drug-likeness (QED) is 0.368. The summed E-state index contributed by atoms with van der Waals surface area (Å²) in [6, 6.07) is 0. The first-order valence-electron chi connectivity index (χ1n) is 9.92. The van der Waals surface area contributed by atoms with Gasteiger partial charge in [-0.25, -0.2) is 0 Å². The molecule has 2 aliphatic rings. The molecule has 0 saturated heterocycles. The topological polar surface area (TPSA) is 44.8 Å². The standard InChI is InChI=1S/C21H38O4/c1-16(22)24-14-7-9-18-20(4)12-8-11-19(2,3)17(20)10-13-21(18,5)25-15-23-6/h17-18H,7-15H2,1-6H3/t17-,18+,20-,21+/m0/s1. The fraction of sp³-hybridized carbons (Fsp3) is 0.952. The maximum Gasteiger partial charge on any atom is 0.302 e. The first-order chi connectivity index (χ1) is 11.7. The largest absolute Gasteiger partial charge is 0.466 e. The lowest BCUT2D eigenvalue weighted by atomic mass is 9.45. The van der Waals surface area contributed by atoms with Gasteiger partial charge in [-0.05, 0) is 68.1 Å². The molecule has 0 unspecified atom stereocenters. The zero-order valence-corrected chi connectivity index (χ0v) is 17.2. The normalized spacial score (nSPS) is 37.4. The van der Waals surface area contributed by atoms with Crippen molar-refractivity contribution in [3.8, 4) is 0 Å². The Morgan fingerprint density at radius 1 is 1.12 bits per heavy atom. The smallest absolute Gasteiger partial charge is 0.302 e. The molecule has 0 spiro atoms. The van der Waals surface area contributed by atoms with Gasteiger partial charge in [-0.1, -0.05) is 27.2 Å². The molecule has 4 heteroatoms. The number of carbonyl (C=O) groups is 1. The van der Waals surface area contributed by atoms with Crippen LogP contribution in [-0.4, -0.2) is 32.1 Å². The Hall–Kier alpha value is -0.610. The molecule has 4 nitrogen and oxygen atoms in total. The van der Waals surface area contributed by atoms with Crippen molar-refractivity contribution in [2.24, 2.45) is 22.7 Å². The Balaban J connectivity index is 2.20. The third kappa shape index (κ3) is 4.39. The summed E-state index contributed by atoms with van der Waals surface area (Å²) >= 11 is 0. The van der Waals surface area contributed by atoms with E-state index in [-0.39, 0.29) is 17.0 Å². The molecule has 0 aromatic heterocycles. The lowest BCUT2D eigenvalue weighted by Crippen LogP contribution is -2.58. The Labute approximate surface area is 154 Å². The van der Waals surface area contributed by atoms with Crippen LogP contribution in [0.1, 0.15) is 79.6 Å². The summed E-state index contributed by atoms with van der Waals surface area (Å²) in [6.07, 6.45) is 8.13. The van der Waals surface area contributed by atoms with Crippen LogP contribution in [0.4, 0.5) is 0 Å². The molecule has 0 aliphatic heterocycles. The van der Waals surface area contributed by atoms with Crippen molar-refractivity contribution < 1.29 is 19.0 Å². The molecule has 2 saturated carbocycles. The predicted octanol–water partition coefficient (Wildman–Crippen LogP) is 4.95. The molecule has 0 radical (unpaired) electrons. The molecule has 146 valence electrons. The van der Waals surface area contributed by atoms with Gasteiger partial charge < -0.3 is 14.2 Å². The van der Waals surface area contributed by atoms with Crippen LogP contribution in [0.25, 0.3) is 0 Å². The maximum absolute atomic E-state index is 11.1. The first-order valence-corrected chi connectivity index (χ1v) is 9.92. The number of rotatable bonds is 7. The average Bonchev–Trinajstić information content (AvgIpc) is 2.50. The highest BCUT2D eigenvalue weighted by atomic mass is 16.7. The number of ether oxygens (including phenoxy) is 3. The minimum absolute atomic E-state index is 0.162. The summed E-state index contributed by atoms with van der Waals surface area (Å²) in [5, 5.41) is 0. The zero-order valence-electron chi connectivity index (χ0n) is 17.2. The molecule has 0 heterocycles. The first kappa shape index (κ1) is 20.7. The van der Waals surface area contributed by atoms with Gasteiger partial charge in [0.25, 0.3) is 0 Å². The van der Waals surface area contributed by atoms with Crippen molar-refractivity contribution in [3.63, 3.8) is 0 Å². The summed E-state index contributed by atoms with van der Waals surface area (Å²) in [5.74, 6) is 1.00. The SMILES string of the molecule is COCO[C@]1(C)CC[C@H]2C(C)(C)CCC[C@]2(C)[C@H]1CCCOC(C)=O. The Morgan fingerprint density at radius 3 is 2.48 bits per heavy atom. The van der Waals surface area contributed by atoms with Crippen LogP contribution in [0.5, 0.6) is 0 Å². The number of esters is 1. The summed E-state index contributed by atoms with van der Waals surface area (Å²) in [6.45, 7) is 12.0. The average molecular weight is 355 g/mol. The van der Waals surface area contributed by atoms with Gasteiger partial charge in [-0.3, -0.25) is 4.79 Å². The fourth-order valence-corrected chi connectivity index (χ4v) is 6.11. The van der Waals surface area contributed by atoms with Gasteiger partial charge in [-0.2, -0.15) is 0 Å². The van der Waals surface area contributed by atoms with Gasteiger partial charge in [0.2, 0.25) is 0 Å². The number of fused-ring (bicyclic) bond motifs is 1. The van der Waals surface area contributed by atoms with E-state index in [1.807, 2.05) is 0 Å². The van der Waals surface area contributed by atoms with Crippen LogP contribution in [0.15, 0.2) is 0 Å². The number of hydrogen-bond donors (Lipinski definition) is 0. The van der Waals surface area contributed by atoms with Crippen molar-refractivity contribution in [3.05, 3.63) is 0 Å². The van der Waals surface area contributed by atoms with Crippen LogP contribution in [-0.2, 0) is 19.0 Å². The molecule has 2 rings (SSSR count). The molecular weight excluding hydrogens is 316 g/mol. The number of carbonyl (C=O) groups excluding carboxylic acids is 1.